The molecule has 3 rings (SSSR count). The number of benzene rings is 1. The Balaban J connectivity index is 1.64. The van der Waals surface area contributed by atoms with Gasteiger partial charge in [0.25, 0.3) is 0 Å². The van der Waals surface area contributed by atoms with Crippen LogP contribution in [0.1, 0.15) is 30.7 Å². The summed E-state index contributed by atoms with van der Waals surface area (Å²) in [5, 5.41) is 9.43. The third kappa shape index (κ3) is 2.58. The SMILES string of the molecule is NC(CN1CCC(c2ccccc2)C1)(C(=O)O)C1CC1. The molecule has 2 unspecified atom stereocenters. The van der Waals surface area contributed by atoms with E-state index in [0.29, 0.717) is 12.5 Å². The Morgan fingerprint density at radius 3 is 2.60 bits per heavy atom. The van der Waals surface area contributed by atoms with E-state index in [1.807, 2.05) is 6.07 Å². The molecule has 0 radical (unpaired) electrons. The van der Waals surface area contributed by atoms with Crippen LogP contribution in [0.3, 0.4) is 0 Å². The molecular weight excluding hydrogens is 252 g/mol. The predicted molar refractivity (Wildman–Crippen MR) is 77.5 cm³/mol. The van der Waals surface area contributed by atoms with Crippen LogP contribution in [0.25, 0.3) is 0 Å². The molecular formula is C16H22N2O2. The highest BCUT2D eigenvalue weighted by molar-refractivity contribution is 5.79. The van der Waals surface area contributed by atoms with Gasteiger partial charge in [-0.3, -0.25) is 4.79 Å². The number of hydrogen-bond donors (Lipinski definition) is 2. The fraction of sp³-hybridized carbons (Fsp3) is 0.562. The largest absolute Gasteiger partial charge is 0.480 e. The molecule has 1 heterocycles. The van der Waals surface area contributed by atoms with Gasteiger partial charge in [-0.05, 0) is 43.2 Å². The molecule has 1 saturated heterocycles. The van der Waals surface area contributed by atoms with Gasteiger partial charge in [-0.15, -0.1) is 0 Å². The highest BCUT2D eigenvalue weighted by Crippen LogP contribution is 2.40. The van der Waals surface area contributed by atoms with Gasteiger partial charge in [0.2, 0.25) is 0 Å². The summed E-state index contributed by atoms with van der Waals surface area (Å²) in [6.07, 6.45) is 3.00. The highest BCUT2D eigenvalue weighted by atomic mass is 16.4. The first-order valence-electron chi connectivity index (χ1n) is 7.39. The first-order valence-corrected chi connectivity index (χ1v) is 7.39. The summed E-state index contributed by atoms with van der Waals surface area (Å²) in [5.41, 5.74) is 6.47. The van der Waals surface area contributed by atoms with E-state index in [1.165, 1.54) is 5.56 Å². The molecule has 0 spiro atoms. The van der Waals surface area contributed by atoms with Crippen LogP contribution in [0.2, 0.25) is 0 Å². The van der Waals surface area contributed by atoms with Crippen LogP contribution in [-0.2, 0) is 4.79 Å². The second-order valence-electron chi connectivity index (χ2n) is 6.25. The van der Waals surface area contributed by atoms with Crippen LogP contribution in [-0.4, -0.2) is 41.1 Å². The summed E-state index contributed by atoms with van der Waals surface area (Å²) < 4.78 is 0. The van der Waals surface area contributed by atoms with Crippen molar-refractivity contribution in [3.05, 3.63) is 35.9 Å². The molecule has 2 atom stereocenters. The number of carbonyl (C=O) groups is 1. The normalized spacial score (nSPS) is 26.4. The van der Waals surface area contributed by atoms with Crippen molar-refractivity contribution in [3.8, 4) is 0 Å². The lowest BCUT2D eigenvalue weighted by Gasteiger charge is -2.30. The lowest BCUT2D eigenvalue weighted by molar-refractivity contribution is -0.145. The van der Waals surface area contributed by atoms with Crippen LogP contribution in [0, 0.1) is 5.92 Å². The Labute approximate surface area is 119 Å². The van der Waals surface area contributed by atoms with Gasteiger partial charge in [-0.25, -0.2) is 0 Å². The summed E-state index contributed by atoms with van der Waals surface area (Å²) in [6, 6.07) is 10.5. The summed E-state index contributed by atoms with van der Waals surface area (Å²) in [7, 11) is 0. The van der Waals surface area contributed by atoms with Gasteiger partial charge in [0.05, 0.1) is 0 Å². The monoisotopic (exact) mass is 274 g/mol. The molecule has 1 saturated carbocycles. The van der Waals surface area contributed by atoms with E-state index in [2.05, 4.69) is 29.2 Å². The molecule has 1 aromatic carbocycles. The van der Waals surface area contributed by atoms with Crippen molar-refractivity contribution in [3.63, 3.8) is 0 Å². The van der Waals surface area contributed by atoms with Gasteiger partial charge in [0, 0.05) is 13.1 Å². The number of hydrogen-bond acceptors (Lipinski definition) is 3. The molecule has 0 bridgehead atoms. The summed E-state index contributed by atoms with van der Waals surface area (Å²) in [4.78, 5) is 13.7. The molecule has 2 aliphatic rings. The van der Waals surface area contributed by atoms with Gasteiger partial charge in [0.15, 0.2) is 0 Å². The molecule has 1 aliphatic carbocycles. The number of aliphatic carboxylic acids is 1. The Morgan fingerprint density at radius 1 is 1.30 bits per heavy atom. The maximum Gasteiger partial charge on any atom is 0.325 e. The molecule has 108 valence electrons. The third-order valence-electron chi connectivity index (χ3n) is 4.73. The van der Waals surface area contributed by atoms with Gasteiger partial charge >= 0.3 is 5.97 Å². The average Bonchev–Trinajstić information content (AvgIpc) is 3.21. The van der Waals surface area contributed by atoms with E-state index in [0.717, 1.165) is 32.4 Å². The minimum atomic E-state index is -1.05. The van der Waals surface area contributed by atoms with Crippen molar-refractivity contribution >= 4 is 5.97 Å². The standard InChI is InChI=1S/C16H22N2O2/c17-16(15(19)20,14-6-7-14)11-18-9-8-13(10-18)12-4-2-1-3-5-12/h1-5,13-14H,6-11,17H2,(H,19,20). The zero-order chi connectivity index (χ0) is 14.2. The lowest BCUT2D eigenvalue weighted by Crippen LogP contribution is -2.57. The van der Waals surface area contributed by atoms with E-state index in [4.69, 9.17) is 5.73 Å². The van der Waals surface area contributed by atoms with Crippen LogP contribution >= 0.6 is 0 Å². The fourth-order valence-electron chi connectivity index (χ4n) is 3.31. The first-order chi connectivity index (χ1) is 9.59. The quantitative estimate of drug-likeness (QED) is 0.857. The van der Waals surface area contributed by atoms with Crippen molar-refractivity contribution in [2.24, 2.45) is 11.7 Å². The molecule has 1 aromatic rings. The van der Waals surface area contributed by atoms with Crippen LogP contribution < -0.4 is 5.73 Å². The number of nitrogens with two attached hydrogens (primary N) is 1. The summed E-state index contributed by atoms with van der Waals surface area (Å²) in [5.74, 6) is -0.174. The molecule has 0 aromatic heterocycles. The molecule has 3 N–H and O–H groups in total. The summed E-state index contributed by atoms with van der Waals surface area (Å²) >= 11 is 0. The van der Waals surface area contributed by atoms with E-state index < -0.39 is 11.5 Å². The zero-order valence-corrected chi connectivity index (χ0v) is 11.7. The molecule has 20 heavy (non-hydrogen) atoms. The Bertz CT molecular complexity index is 487. The maximum absolute atomic E-state index is 11.5. The predicted octanol–water partition coefficient (Wildman–Crippen LogP) is 1.67. The lowest BCUT2D eigenvalue weighted by atomic mass is 9.94. The minimum absolute atomic E-state index is 0.163. The minimum Gasteiger partial charge on any atom is -0.480 e. The molecule has 1 aliphatic heterocycles. The third-order valence-corrected chi connectivity index (χ3v) is 4.73. The molecule has 4 nitrogen and oxygen atoms in total. The van der Waals surface area contributed by atoms with Crippen molar-refractivity contribution in [2.45, 2.75) is 30.7 Å². The maximum atomic E-state index is 11.5. The van der Waals surface area contributed by atoms with E-state index in [-0.39, 0.29) is 5.92 Å². The average molecular weight is 274 g/mol. The van der Waals surface area contributed by atoms with Crippen molar-refractivity contribution in [2.75, 3.05) is 19.6 Å². The number of rotatable bonds is 5. The number of likely N-dealkylation sites (tertiary alicyclic amines) is 1. The zero-order valence-electron chi connectivity index (χ0n) is 11.7. The first kappa shape index (κ1) is 13.6. The Kier molecular flexibility index (Phi) is 3.52. The van der Waals surface area contributed by atoms with Gasteiger partial charge < -0.3 is 15.7 Å². The Morgan fingerprint density at radius 2 is 2.00 bits per heavy atom. The molecule has 0 amide bonds. The van der Waals surface area contributed by atoms with Crippen LogP contribution in [0.5, 0.6) is 0 Å². The number of nitrogens with zero attached hydrogens (tertiary/aromatic N) is 1. The fourth-order valence-corrected chi connectivity index (χ4v) is 3.31. The smallest absolute Gasteiger partial charge is 0.325 e. The van der Waals surface area contributed by atoms with E-state index >= 15 is 0 Å². The number of carboxylic acid groups (broad SMARTS) is 1. The van der Waals surface area contributed by atoms with Crippen LogP contribution in [0.4, 0.5) is 0 Å². The van der Waals surface area contributed by atoms with Gasteiger partial charge in [-0.2, -0.15) is 0 Å². The van der Waals surface area contributed by atoms with Gasteiger partial charge in [0.1, 0.15) is 5.54 Å². The van der Waals surface area contributed by atoms with E-state index in [1.54, 1.807) is 0 Å². The van der Waals surface area contributed by atoms with Crippen molar-refractivity contribution in [1.29, 1.82) is 0 Å². The van der Waals surface area contributed by atoms with Crippen molar-refractivity contribution < 1.29 is 9.90 Å². The van der Waals surface area contributed by atoms with Crippen molar-refractivity contribution in [1.82, 2.24) is 4.90 Å². The molecule has 2 fully saturated rings. The Hall–Kier alpha value is -1.39. The summed E-state index contributed by atoms with van der Waals surface area (Å²) in [6.45, 7) is 2.35. The van der Waals surface area contributed by atoms with Gasteiger partial charge in [-0.1, -0.05) is 30.3 Å². The highest BCUT2D eigenvalue weighted by Gasteiger charge is 2.49. The second kappa shape index (κ2) is 5.19. The molecule has 4 heteroatoms. The van der Waals surface area contributed by atoms with Crippen LogP contribution in [0.15, 0.2) is 30.3 Å². The topological polar surface area (TPSA) is 66.6 Å². The van der Waals surface area contributed by atoms with E-state index in [9.17, 15) is 9.90 Å². The number of carboxylic acids is 1. The second-order valence-corrected chi connectivity index (χ2v) is 6.25.